The molecule has 0 unspecified atom stereocenters. The molecule has 0 radical (unpaired) electrons. The normalized spacial score (nSPS) is 16.2. The van der Waals surface area contributed by atoms with Crippen molar-refractivity contribution in [3.8, 4) is 11.5 Å². The van der Waals surface area contributed by atoms with Crippen molar-refractivity contribution >= 4 is 39.1 Å². The fourth-order valence-electron chi connectivity index (χ4n) is 5.17. The molecule has 1 aliphatic heterocycles. The van der Waals surface area contributed by atoms with Gasteiger partial charge in [-0.3, -0.25) is 13.9 Å². The van der Waals surface area contributed by atoms with Gasteiger partial charge in [-0.25, -0.2) is 8.42 Å². The monoisotopic (exact) mass is 591 g/mol. The van der Waals surface area contributed by atoms with E-state index in [4.69, 9.17) is 21.1 Å². The lowest BCUT2D eigenvalue weighted by atomic mass is 9.95. The van der Waals surface area contributed by atoms with Crippen LogP contribution in [0.15, 0.2) is 42.5 Å². The molecule has 2 aliphatic rings. The fraction of sp³-hybridized carbons (Fsp3) is 0.517. The fourth-order valence-corrected chi connectivity index (χ4v) is 6.34. The van der Waals surface area contributed by atoms with Crippen LogP contribution in [0, 0.1) is 0 Å². The third kappa shape index (κ3) is 8.04. The Morgan fingerprint density at radius 1 is 1.05 bits per heavy atom. The Hall–Kier alpha value is -2.98. The van der Waals surface area contributed by atoms with Crippen LogP contribution in [0.2, 0.25) is 5.02 Å². The van der Waals surface area contributed by atoms with E-state index in [0.29, 0.717) is 35.4 Å². The molecule has 1 aliphatic carbocycles. The molecule has 218 valence electrons. The van der Waals surface area contributed by atoms with E-state index in [-0.39, 0.29) is 43.8 Å². The smallest absolute Gasteiger partial charge is 0.242 e. The second kappa shape index (κ2) is 13.6. The molecule has 4 rings (SSSR count). The first-order valence-electron chi connectivity index (χ1n) is 13.8. The SMILES string of the molecule is C[C@H](C(=O)NC1CCCCC1)N(Cc1cccc(Cl)c1)C(=O)CCCN(c1ccc2c(c1)OCCO2)S(C)(=O)=O. The van der Waals surface area contributed by atoms with Gasteiger partial charge in [0.1, 0.15) is 19.3 Å². The Morgan fingerprint density at radius 2 is 1.77 bits per heavy atom. The van der Waals surface area contributed by atoms with Gasteiger partial charge in [0, 0.05) is 36.6 Å². The van der Waals surface area contributed by atoms with Crippen LogP contribution >= 0.6 is 11.6 Å². The van der Waals surface area contributed by atoms with Gasteiger partial charge in [0.25, 0.3) is 0 Å². The van der Waals surface area contributed by atoms with Gasteiger partial charge < -0.3 is 19.7 Å². The molecule has 0 aromatic heterocycles. The Morgan fingerprint density at radius 3 is 2.48 bits per heavy atom. The van der Waals surface area contributed by atoms with Gasteiger partial charge in [0.2, 0.25) is 21.8 Å². The van der Waals surface area contributed by atoms with Crippen LogP contribution in [-0.4, -0.2) is 63.2 Å². The number of carbonyl (C=O) groups excluding carboxylic acids is 2. The predicted octanol–water partition coefficient (Wildman–Crippen LogP) is 4.52. The minimum Gasteiger partial charge on any atom is -0.486 e. The Balaban J connectivity index is 1.45. The van der Waals surface area contributed by atoms with Gasteiger partial charge in [-0.1, -0.05) is 43.0 Å². The lowest BCUT2D eigenvalue weighted by molar-refractivity contribution is -0.141. The standard InChI is InChI=1S/C29H38ClN3O6S/c1-21(29(35)31-24-10-4-3-5-11-24)32(20-22-8-6-9-23(30)18-22)28(34)12-7-15-33(40(2,36)37)25-13-14-26-27(19-25)39-17-16-38-26/h6,8-9,13-14,18-19,21,24H,3-5,7,10-12,15-17,20H2,1-2H3,(H,31,35)/t21-/m1/s1. The van der Waals surface area contributed by atoms with Crippen LogP contribution in [0.4, 0.5) is 5.69 Å². The van der Waals surface area contributed by atoms with Crippen LogP contribution in [0.1, 0.15) is 57.4 Å². The number of sulfonamides is 1. The number of ether oxygens (including phenoxy) is 2. The molecule has 2 amide bonds. The Kier molecular flexibility index (Phi) is 10.2. The van der Waals surface area contributed by atoms with Gasteiger partial charge in [-0.15, -0.1) is 0 Å². The first-order valence-corrected chi connectivity index (χ1v) is 16.1. The molecule has 1 N–H and O–H groups in total. The minimum atomic E-state index is -3.63. The summed E-state index contributed by atoms with van der Waals surface area (Å²) in [5, 5.41) is 3.67. The highest BCUT2D eigenvalue weighted by Gasteiger charge is 2.29. The van der Waals surface area contributed by atoms with E-state index in [9.17, 15) is 18.0 Å². The minimum absolute atomic E-state index is 0.0676. The summed E-state index contributed by atoms with van der Waals surface area (Å²) in [7, 11) is -3.63. The zero-order valence-corrected chi connectivity index (χ0v) is 24.7. The summed E-state index contributed by atoms with van der Waals surface area (Å²) < 4.78 is 37.7. The van der Waals surface area contributed by atoms with Crippen molar-refractivity contribution in [3.63, 3.8) is 0 Å². The van der Waals surface area contributed by atoms with Crippen molar-refractivity contribution in [1.29, 1.82) is 0 Å². The van der Waals surface area contributed by atoms with E-state index in [0.717, 1.165) is 37.5 Å². The lowest BCUT2D eigenvalue weighted by Crippen LogP contribution is -2.50. The molecule has 0 bridgehead atoms. The Bertz CT molecular complexity index is 1300. The first-order chi connectivity index (χ1) is 19.1. The number of rotatable bonds is 11. The number of anilines is 1. The van der Waals surface area contributed by atoms with Crippen LogP contribution in [0.3, 0.4) is 0 Å². The number of benzene rings is 2. The number of carbonyl (C=O) groups is 2. The molecule has 11 heteroatoms. The zero-order chi connectivity index (χ0) is 28.7. The van der Waals surface area contributed by atoms with E-state index in [1.54, 1.807) is 42.2 Å². The molecule has 9 nitrogen and oxygen atoms in total. The van der Waals surface area contributed by atoms with Crippen LogP contribution in [0.25, 0.3) is 0 Å². The highest BCUT2D eigenvalue weighted by molar-refractivity contribution is 7.92. The van der Waals surface area contributed by atoms with Crippen molar-refractivity contribution in [1.82, 2.24) is 10.2 Å². The molecule has 1 fully saturated rings. The van der Waals surface area contributed by atoms with Gasteiger partial charge in [0.15, 0.2) is 11.5 Å². The summed E-state index contributed by atoms with van der Waals surface area (Å²) in [4.78, 5) is 28.3. The second-order valence-corrected chi connectivity index (χ2v) is 12.8. The highest BCUT2D eigenvalue weighted by Crippen LogP contribution is 2.35. The van der Waals surface area contributed by atoms with Crippen LogP contribution in [-0.2, 0) is 26.2 Å². The second-order valence-electron chi connectivity index (χ2n) is 10.4. The third-order valence-electron chi connectivity index (χ3n) is 7.33. The van der Waals surface area contributed by atoms with Crippen LogP contribution < -0.4 is 19.1 Å². The summed E-state index contributed by atoms with van der Waals surface area (Å²) in [6.07, 6.45) is 6.72. The maximum absolute atomic E-state index is 13.5. The van der Waals surface area contributed by atoms with E-state index < -0.39 is 16.1 Å². The van der Waals surface area contributed by atoms with Crippen molar-refractivity contribution < 1.29 is 27.5 Å². The van der Waals surface area contributed by atoms with E-state index >= 15 is 0 Å². The predicted molar refractivity (Wildman–Crippen MR) is 155 cm³/mol. The molecule has 40 heavy (non-hydrogen) atoms. The molecular weight excluding hydrogens is 554 g/mol. The van der Waals surface area contributed by atoms with Gasteiger partial charge in [0.05, 0.1) is 11.9 Å². The molecule has 0 spiro atoms. The summed E-state index contributed by atoms with van der Waals surface area (Å²) in [5.41, 5.74) is 1.25. The van der Waals surface area contributed by atoms with Crippen molar-refractivity contribution in [2.75, 3.05) is 30.3 Å². The number of nitrogens with one attached hydrogen (secondary N) is 1. The zero-order valence-electron chi connectivity index (χ0n) is 23.1. The average molecular weight is 592 g/mol. The molecule has 0 saturated heterocycles. The number of nitrogens with zero attached hydrogens (tertiary/aromatic N) is 2. The van der Waals surface area contributed by atoms with E-state index in [1.807, 2.05) is 12.1 Å². The van der Waals surface area contributed by atoms with Gasteiger partial charge in [-0.05, 0) is 56.0 Å². The van der Waals surface area contributed by atoms with Crippen molar-refractivity contribution in [3.05, 3.63) is 53.1 Å². The summed E-state index contributed by atoms with van der Waals surface area (Å²) >= 11 is 6.18. The van der Waals surface area contributed by atoms with Crippen molar-refractivity contribution in [2.24, 2.45) is 0 Å². The first kappa shape index (κ1) is 30.0. The summed E-state index contributed by atoms with van der Waals surface area (Å²) in [6.45, 7) is 2.87. The molecule has 1 heterocycles. The molecular formula is C29H38ClN3O6S. The number of amides is 2. The quantitative estimate of drug-likeness (QED) is 0.412. The summed E-state index contributed by atoms with van der Waals surface area (Å²) in [5.74, 6) is 0.632. The largest absolute Gasteiger partial charge is 0.486 e. The summed E-state index contributed by atoms with van der Waals surface area (Å²) in [6, 6.07) is 11.6. The number of hydrogen-bond donors (Lipinski definition) is 1. The van der Waals surface area contributed by atoms with Crippen LogP contribution in [0.5, 0.6) is 11.5 Å². The highest BCUT2D eigenvalue weighted by atomic mass is 35.5. The molecule has 1 atom stereocenters. The maximum Gasteiger partial charge on any atom is 0.242 e. The molecule has 1 saturated carbocycles. The van der Waals surface area contributed by atoms with Gasteiger partial charge >= 0.3 is 0 Å². The van der Waals surface area contributed by atoms with E-state index in [1.165, 1.54) is 10.7 Å². The van der Waals surface area contributed by atoms with Crippen molar-refractivity contribution in [2.45, 2.75) is 70.5 Å². The van der Waals surface area contributed by atoms with Gasteiger partial charge in [-0.2, -0.15) is 0 Å². The topological polar surface area (TPSA) is 105 Å². The molecule has 2 aromatic carbocycles. The molecule has 2 aromatic rings. The lowest BCUT2D eigenvalue weighted by Gasteiger charge is -2.31. The van der Waals surface area contributed by atoms with E-state index in [2.05, 4.69) is 5.32 Å². The number of fused-ring (bicyclic) bond motifs is 1. The maximum atomic E-state index is 13.5. The third-order valence-corrected chi connectivity index (χ3v) is 8.76. The number of halogens is 1. The Labute approximate surface area is 241 Å². The number of hydrogen-bond acceptors (Lipinski definition) is 6. The average Bonchev–Trinajstić information content (AvgIpc) is 2.93.